The van der Waals surface area contributed by atoms with Crippen molar-refractivity contribution in [3.05, 3.63) is 24.3 Å². The van der Waals surface area contributed by atoms with Gasteiger partial charge in [0.1, 0.15) is 6.10 Å². The number of allylic oxidation sites excluding steroid dienone is 3. The van der Waals surface area contributed by atoms with Crippen LogP contribution < -0.4 is 5.32 Å². The molecule has 3 atom stereocenters. The lowest BCUT2D eigenvalue weighted by Gasteiger charge is -2.21. The molecule has 4 N–H and O–H groups in total. The molecular formula is C62H121NO4. The minimum Gasteiger partial charge on any atom is -0.394 e. The summed E-state index contributed by atoms with van der Waals surface area (Å²) in [5.74, 6) is -0.497. The highest BCUT2D eigenvalue weighted by Crippen LogP contribution is 2.18. The first-order valence-electron chi connectivity index (χ1n) is 30.7. The van der Waals surface area contributed by atoms with Gasteiger partial charge in [-0.25, -0.2) is 0 Å². The number of carbonyl (C=O) groups is 1. The Kier molecular flexibility index (Phi) is 56.4. The Morgan fingerprint density at radius 1 is 0.358 bits per heavy atom. The zero-order valence-corrected chi connectivity index (χ0v) is 45.6. The average Bonchev–Trinajstić information content (AvgIpc) is 3.33. The average molecular weight is 945 g/mol. The molecule has 0 aliphatic rings. The van der Waals surface area contributed by atoms with Crippen molar-refractivity contribution in [2.24, 2.45) is 0 Å². The summed E-state index contributed by atoms with van der Waals surface area (Å²) in [5.41, 5.74) is 0. The van der Waals surface area contributed by atoms with Crippen LogP contribution in [0.5, 0.6) is 0 Å². The molecule has 67 heavy (non-hydrogen) atoms. The highest BCUT2D eigenvalue weighted by Gasteiger charge is 2.22. The van der Waals surface area contributed by atoms with Crippen molar-refractivity contribution < 1.29 is 20.1 Å². The van der Waals surface area contributed by atoms with Crippen molar-refractivity contribution in [1.82, 2.24) is 5.32 Å². The molecule has 0 aliphatic heterocycles. The SMILES string of the molecule is CCCCCCCCCCCCCC/C=C\CCCCCCCCCCCCCCCC(O)C(=O)NC(CO)C(O)/C=C/CCCCCCCCCCCCCCCCCCCCCCCC. The number of aliphatic hydroxyl groups is 3. The Hall–Kier alpha value is -1.17. The lowest BCUT2D eigenvalue weighted by molar-refractivity contribution is -0.131. The molecule has 398 valence electrons. The van der Waals surface area contributed by atoms with Crippen molar-refractivity contribution in [3.8, 4) is 0 Å². The van der Waals surface area contributed by atoms with Gasteiger partial charge in [0.05, 0.1) is 18.8 Å². The first-order valence-corrected chi connectivity index (χ1v) is 30.7. The third-order valence-electron chi connectivity index (χ3n) is 14.5. The molecule has 0 saturated heterocycles. The smallest absolute Gasteiger partial charge is 0.249 e. The molecule has 0 bridgehead atoms. The van der Waals surface area contributed by atoms with Crippen LogP contribution in [0.2, 0.25) is 0 Å². The van der Waals surface area contributed by atoms with Crippen LogP contribution in [0.4, 0.5) is 0 Å². The molecule has 0 aromatic heterocycles. The molecule has 0 saturated carbocycles. The van der Waals surface area contributed by atoms with Gasteiger partial charge in [-0.1, -0.05) is 321 Å². The molecule has 0 fully saturated rings. The number of aliphatic hydroxyl groups excluding tert-OH is 3. The van der Waals surface area contributed by atoms with E-state index >= 15 is 0 Å². The Labute approximate surface area is 420 Å². The molecule has 0 aliphatic carbocycles. The first kappa shape index (κ1) is 65.8. The zero-order chi connectivity index (χ0) is 48.6. The summed E-state index contributed by atoms with van der Waals surface area (Å²) in [6.45, 7) is 4.23. The lowest BCUT2D eigenvalue weighted by Crippen LogP contribution is -2.48. The topological polar surface area (TPSA) is 89.8 Å². The molecule has 0 rings (SSSR count). The number of hydrogen-bond acceptors (Lipinski definition) is 4. The molecule has 3 unspecified atom stereocenters. The molecular weight excluding hydrogens is 823 g/mol. The molecule has 0 radical (unpaired) electrons. The number of hydrogen-bond donors (Lipinski definition) is 4. The van der Waals surface area contributed by atoms with Gasteiger partial charge < -0.3 is 20.6 Å². The Balaban J connectivity index is 3.53. The van der Waals surface area contributed by atoms with E-state index in [1.807, 2.05) is 6.08 Å². The van der Waals surface area contributed by atoms with Gasteiger partial charge in [-0.3, -0.25) is 4.79 Å². The van der Waals surface area contributed by atoms with E-state index in [9.17, 15) is 20.1 Å². The summed E-state index contributed by atoms with van der Waals surface area (Å²) in [6.07, 6.45) is 74.2. The van der Waals surface area contributed by atoms with Gasteiger partial charge in [0.15, 0.2) is 0 Å². The number of rotatable bonds is 57. The zero-order valence-electron chi connectivity index (χ0n) is 45.6. The fraction of sp³-hybridized carbons (Fsp3) is 0.919. The van der Waals surface area contributed by atoms with Gasteiger partial charge >= 0.3 is 0 Å². The van der Waals surface area contributed by atoms with Gasteiger partial charge in [0, 0.05) is 0 Å². The Morgan fingerprint density at radius 3 is 0.866 bits per heavy atom. The highest BCUT2D eigenvalue weighted by atomic mass is 16.3. The van der Waals surface area contributed by atoms with Crippen LogP contribution >= 0.6 is 0 Å². The van der Waals surface area contributed by atoms with E-state index < -0.39 is 24.2 Å². The number of carbonyl (C=O) groups excluding carboxylic acids is 1. The normalized spacial score (nSPS) is 13.3. The molecule has 0 aromatic rings. The second kappa shape index (κ2) is 57.4. The van der Waals surface area contributed by atoms with E-state index in [0.29, 0.717) is 6.42 Å². The van der Waals surface area contributed by atoms with Gasteiger partial charge in [-0.2, -0.15) is 0 Å². The fourth-order valence-electron chi connectivity index (χ4n) is 9.77. The predicted molar refractivity (Wildman–Crippen MR) is 296 cm³/mol. The van der Waals surface area contributed by atoms with Crippen molar-refractivity contribution in [2.75, 3.05) is 6.61 Å². The van der Waals surface area contributed by atoms with Gasteiger partial charge in [-0.15, -0.1) is 0 Å². The molecule has 0 spiro atoms. The lowest BCUT2D eigenvalue weighted by atomic mass is 10.0. The van der Waals surface area contributed by atoms with Crippen molar-refractivity contribution in [1.29, 1.82) is 0 Å². The Bertz CT molecular complexity index is 998. The van der Waals surface area contributed by atoms with E-state index in [-0.39, 0.29) is 6.61 Å². The van der Waals surface area contributed by atoms with E-state index in [2.05, 4.69) is 31.3 Å². The third kappa shape index (κ3) is 52.5. The van der Waals surface area contributed by atoms with Crippen LogP contribution in [-0.2, 0) is 4.79 Å². The molecule has 1 amide bonds. The molecule has 0 aromatic carbocycles. The van der Waals surface area contributed by atoms with Crippen LogP contribution in [0.25, 0.3) is 0 Å². The monoisotopic (exact) mass is 944 g/mol. The van der Waals surface area contributed by atoms with Crippen LogP contribution in [0.3, 0.4) is 0 Å². The number of nitrogens with one attached hydrogen (secondary N) is 1. The molecule has 5 heteroatoms. The first-order chi connectivity index (χ1) is 33.1. The summed E-state index contributed by atoms with van der Waals surface area (Å²) in [7, 11) is 0. The summed E-state index contributed by atoms with van der Waals surface area (Å²) >= 11 is 0. The van der Waals surface area contributed by atoms with Crippen LogP contribution in [0, 0.1) is 0 Å². The minimum absolute atomic E-state index is 0.360. The largest absolute Gasteiger partial charge is 0.394 e. The maximum Gasteiger partial charge on any atom is 0.249 e. The number of unbranched alkanes of at least 4 members (excludes halogenated alkanes) is 47. The standard InChI is InChI=1S/C62H121NO4/c1-3-5-7-9-11-13-15-17-19-21-23-25-27-29-30-31-32-33-35-37-39-41-43-45-47-49-51-53-55-57-61(66)62(67)63-59(58-64)60(65)56-54-52-50-48-46-44-42-40-38-36-34-28-26-24-22-20-18-16-14-12-10-8-6-4-2/h29-30,54,56,59-61,64-66H,3-28,31-53,55,57-58H2,1-2H3,(H,63,67)/b30-29-,56-54+. The summed E-state index contributed by atoms with van der Waals surface area (Å²) in [6, 6.07) is -0.797. The van der Waals surface area contributed by atoms with Crippen LogP contribution in [0.1, 0.15) is 341 Å². The van der Waals surface area contributed by atoms with Crippen LogP contribution in [-0.4, -0.2) is 46.1 Å². The van der Waals surface area contributed by atoms with Gasteiger partial charge in [-0.05, 0) is 44.9 Å². The quantitative estimate of drug-likeness (QED) is 0.0361. The Morgan fingerprint density at radius 2 is 0.597 bits per heavy atom. The summed E-state index contributed by atoms with van der Waals surface area (Å²) in [4.78, 5) is 12.6. The number of amides is 1. The maximum absolute atomic E-state index is 12.6. The molecule has 0 heterocycles. The second-order valence-electron chi connectivity index (χ2n) is 21.3. The van der Waals surface area contributed by atoms with Crippen molar-refractivity contribution >= 4 is 5.91 Å². The fourth-order valence-corrected chi connectivity index (χ4v) is 9.77. The van der Waals surface area contributed by atoms with E-state index in [4.69, 9.17) is 0 Å². The second-order valence-corrected chi connectivity index (χ2v) is 21.3. The predicted octanol–water partition coefficient (Wildman–Crippen LogP) is 19.2. The molecule has 5 nitrogen and oxygen atoms in total. The van der Waals surface area contributed by atoms with E-state index in [1.54, 1.807) is 6.08 Å². The minimum atomic E-state index is -1.10. The van der Waals surface area contributed by atoms with Gasteiger partial charge in [0.25, 0.3) is 0 Å². The van der Waals surface area contributed by atoms with Crippen molar-refractivity contribution in [2.45, 2.75) is 360 Å². The van der Waals surface area contributed by atoms with Crippen molar-refractivity contribution in [3.63, 3.8) is 0 Å². The highest BCUT2D eigenvalue weighted by molar-refractivity contribution is 5.80. The summed E-state index contributed by atoms with van der Waals surface area (Å²) in [5, 5.41) is 33.5. The third-order valence-corrected chi connectivity index (χ3v) is 14.5. The maximum atomic E-state index is 12.6. The van der Waals surface area contributed by atoms with Gasteiger partial charge in [0.2, 0.25) is 5.91 Å². The van der Waals surface area contributed by atoms with E-state index in [1.165, 1.54) is 289 Å². The van der Waals surface area contributed by atoms with Crippen LogP contribution in [0.15, 0.2) is 24.3 Å². The summed E-state index contributed by atoms with van der Waals surface area (Å²) < 4.78 is 0. The van der Waals surface area contributed by atoms with E-state index in [0.717, 1.165) is 32.1 Å².